The van der Waals surface area contributed by atoms with Gasteiger partial charge in [0.15, 0.2) is 11.5 Å². The lowest BCUT2D eigenvalue weighted by Gasteiger charge is -2.10. The van der Waals surface area contributed by atoms with Crippen LogP contribution in [0.1, 0.15) is 22.8 Å². The lowest BCUT2D eigenvalue weighted by Crippen LogP contribution is -2.05. The monoisotopic (exact) mass is 317 g/mol. The molecule has 2 rings (SSSR count). The zero-order valence-electron chi connectivity index (χ0n) is 12.4. The average molecular weight is 317 g/mol. The molecule has 0 spiro atoms. The van der Waals surface area contributed by atoms with Crippen molar-refractivity contribution in [1.29, 1.82) is 0 Å². The van der Waals surface area contributed by atoms with Gasteiger partial charge in [-0.1, -0.05) is 0 Å². The predicted molar refractivity (Wildman–Crippen MR) is 81.5 cm³/mol. The Morgan fingerprint density at radius 3 is 2.52 bits per heavy atom. The maximum absolute atomic E-state index is 11.7. The normalized spacial score (nSPS) is 10.1. The quantitative estimate of drug-likeness (QED) is 0.499. The summed E-state index contributed by atoms with van der Waals surface area (Å²) in [6.45, 7) is 2.04. The Kier molecular flexibility index (Phi) is 5.14. The van der Waals surface area contributed by atoms with Gasteiger partial charge in [-0.15, -0.1) is 0 Å². The van der Waals surface area contributed by atoms with Crippen molar-refractivity contribution in [2.75, 3.05) is 6.61 Å². The number of hydrogen-bond donors (Lipinski definition) is 1. The van der Waals surface area contributed by atoms with E-state index in [0.717, 1.165) is 0 Å². The standard InChI is InChI=1S/C16H15NO6/c1-2-22-16(19)12-5-8-14(18)15(9-12)23-10-11-3-6-13(7-4-11)17(20)21/h3-9,18H,2,10H2,1H3. The highest BCUT2D eigenvalue weighted by atomic mass is 16.6. The number of nitrogens with zero attached hydrogens (tertiary/aromatic N) is 1. The van der Waals surface area contributed by atoms with E-state index in [-0.39, 0.29) is 36.0 Å². The van der Waals surface area contributed by atoms with Crippen LogP contribution in [0.5, 0.6) is 11.5 Å². The molecule has 0 fully saturated rings. The van der Waals surface area contributed by atoms with E-state index in [1.54, 1.807) is 19.1 Å². The van der Waals surface area contributed by atoms with E-state index in [1.165, 1.54) is 30.3 Å². The number of phenolic OH excluding ortho intramolecular Hbond substituents is 1. The first-order valence-electron chi connectivity index (χ1n) is 6.87. The molecule has 0 saturated carbocycles. The summed E-state index contributed by atoms with van der Waals surface area (Å²) < 4.78 is 10.3. The average Bonchev–Trinajstić information content (AvgIpc) is 2.54. The van der Waals surface area contributed by atoms with Crippen molar-refractivity contribution >= 4 is 11.7 Å². The van der Waals surface area contributed by atoms with Crippen molar-refractivity contribution < 1.29 is 24.3 Å². The van der Waals surface area contributed by atoms with E-state index in [0.29, 0.717) is 5.56 Å². The highest BCUT2D eigenvalue weighted by Gasteiger charge is 2.11. The van der Waals surface area contributed by atoms with Crippen molar-refractivity contribution in [3.05, 3.63) is 63.7 Å². The van der Waals surface area contributed by atoms with Gasteiger partial charge in [-0.05, 0) is 42.8 Å². The third-order valence-electron chi connectivity index (χ3n) is 3.01. The van der Waals surface area contributed by atoms with Crippen molar-refractivity contribution in [3.63, 3.8) is 0 Å². The molecule has 0 amide bonds. The minimum atomic E-state index is -0.507. The maximum Gasteiger partial charge on any atom is 0.338 e. The van der Waals surface area contributed by atoms with Crippen LogP contribution in [0.3, 0.4) is 0 Å². The molecule has 0 radical (unpaired) electrons. The summed E-state index contributed by atoms with van der Waals surface area (Å²) in [6.07, 6.45) is 0. The van der Waals surface area contributed by atoms with Crippen LogP contribution in [0.25, 0.3) is 0 Å². The lowest BCUT2D eigenvalue weighted by atomic mass is 10.2. The number of carbonyl (C=O) groups is 1. The van der Waals surface area contributed by atoms with Crippen molar-refractivity contribution in [2.45, 2.75) is 13.5 Å². The zero-order valence-corrected chi connectivity index (χ0v) is 12.4. The Morgan fingerprint density at radius 2 is 1.91 bits per heavy atom. The van der Waals surface area contributed by atoms with Crippen LogP contribution in [0.15, 0.2) is 42.5 Å². The number of carbonyl (C=O) groups excluding carboxylic acids is 1. The molecule has 23 heavy (non-hydrogen) atoms. The van der Waals surface area contributed by atoms with Gasteiger partial charge in [0.25, 0.3) is 5.69 Å². The number of non-ortho nitro benzene ring substituents is 1. The van der Waals surface area contributed by atoms with Gasteiger partial charge in [-0.2, -0.15) is 0 Å². The molecule has 120 valence electrons. The molecule has 0 aliphatic heterocycles. The second kappa shape index (κ2) is 7.26. The van der Waals surface area contributed by atoms with Gasteiger partial charge >= 0.3 is 5.97 Å². The van der Waals surface area contributed by atoms with Crippen LogP contribution in [-0.2, 0) is 11.3 Å². The Hall–Kier alpha value is -3.09. The molecule has 7 heteroatoms. The SMILES string of the molecule is CCOC(=O)c1ccc(O)c(OCc2ccc([N+](=O)[O-])cc2)c1. The third kappa shape index (κ3) is 4.19. The molecule has 0 saturated heterocycles. The molecule has 7 nitrogen and oxygen atoms in total. The predicted octanol–water partition coefficient (Wildman–Crippen LogP) is 3.06. The fourth-order valence-corrected chi connectivity index (χ4v) is 1.85. The number of aromatic hydroxyl groups is 1. The van der Waals surface area contributed by atoms with Crippen LogP contribution in [0.4, 0.5) is 5.69 Å². The molecule has 0 aromatic heterocycles. The number of hydrogen-bond acceptors (Lipinski definition) is 6. The third-order valence-corrected chi connectivity index (χ3v) is 3.01. The Labute approximate surface area is 132 Å². The van der Waals surface area contributed by atoms with Crippen molar-refractivity contribution in [1.82, 2.24) is 0 Å². The fourth-order valence-electron chi connectivity index (χ4n) is 1.85. The summed E-state index contributed by atoms with van der Waals surface area (Å²) in [5.41, 5.74) is 0.945. The molecule has 0 aliphatic carbocycles. The molecule has 2 aromatic carbocycles. The molecule has 0 aliphatic rings. The highest BCUT2D eigenvalue weighted by molar-refractivity contribution is 5.90. The van der Waals surface area contributed by atoms with E-state index in [1.807, 2.05) is 0 Å². The second-order valence-corrected chi connectivity index (χ2v) is 4.62. The van der Waals surface area contributed by atoms with Gasteiger partial charge in [0.2, 0.25) is 0 Å². The highest BCUT2D eigenvalue weighted by Crippen LogP contribution is 2.28. The van der Waals surface area contributed by atoms with E-state index < -0.39 is 10.9 Å². The van der Waals surface area contributed by atoms with Gasteiger partial charge in [0.05, 0.1) is 17.1 Å². The first kappa shape index (κ1) is 16.3. The van der Waals surface area contributed by atoms with Gasteiger partial charge < -0.3 is 14.6 Å². The van der Waals surface area contributed by atoms with Gasteiger partial charge in [0, 0.05) is 12.1 Å². The number of nitro groups is 1. The molecule has 1 N–H and O–H groups in total. The minimum Gasteiger partial charge on any atom is -0.504 e. The van der Waals surface area contributed by atoms with E-state index in [4.69, 9.17) is 9.47 Å². The number of ether oxygens (including phenoxy) is 2. The summed E-state index contributed by atoms with van der Waals surface area (Å²) in [4.78, 5) is 21.8. The van der Waals surface area contributed by atoms with E-state index in [9.17, 15) is 20.0 Å². The Balaban J connectivity index is 2.08. The van der Waals surface area contributed by atoms with Crippen LogP contribution >= 0.6 is 0 Å². The van der Waals surface area contributed by atoms with Crippen molar-refractivity contribution in [3.8, 4) is 11.5 Å². The lowest BCUT2D eigenvalue weighted by molar-refractivity contribution is -0.384. The van der Waals surface area contributed by atoms with Crippen LogP contribution < -0.4 is 4.74 Å². The summed E-state index contributed by atoms with van der Waals surface area (Å²) >= 11 is 0. The summed E-state index contributed by atoms with van der Waals surface area (Å²) in [7, 11) is 0. The molecule has 0 atom stereocenters. The summed E-state index contributed by atoms with van der Waals surface area (Å²) in [5, 5.41) is 20.4. The fraction of sp³-hybridized carbons (Fsp3) is 0.188. The first-order valence-corrected chi connectivity index (χ1v) is 6.87. The summed E-state index contributed by atoms with van der Waals surface area (Å²) in [6, 6.07) is 10.0. The molecular weight excluding hydrogens is 302 g/mol. The Morgan fingerprint density at radius 1 is 1.22 bits per heavy atom. The second-order valence-electron chi connectivity index (χ2n) is 4.62. The molecule has 0 unspecified atom stereocenters. The Bertz CT molecular complexity index is 711. The molecule has 2 aromatic rings. The van der Waals surface area contributed by atoms with Gasteiger partial charge in [0.1, 0.15) is 6.61 Å². The van der Waals surface area contributed by atoms with Gasteiger partial charge in [-0.25, -0.2) is 4.79 Å². The molecule has 0 heterocycles. The number of rotatable bonds is 6. The van der Waals surface area contributed by atoms with Crippen LogP contribution in [0, 0.1) is 10.1 Å². The van der Waals surface area contributed by atoms with Gasteiger partial charge in [-0.3, -0.25) is 10.1 Å². The maximum atomic E-state index is 11.7. The largest absolute Gasteiger partial charge is 0.504 e. The number of benzene rings is 2. The molecule has 0 bridgehead atoms. The van der Waals surface area contributed by atoms with E-state index >= 15 is 0 Å². The number of phenols is 1. The number of nitro benzene ring substituents is 1. The van der Waals surface area contributed by atoms with E-state index in [2.05, 4.69) is 0 Å². The van der Waals surface area contributed by atoms with Crippen molar-refractivity contribution in [2.24, 2.45) is 0 Å². The first-order chi connectivity index (χ1) is 11.0. The number of esters is 1. The van der Waals surface area contributed by atoms with Crippen LogP contribution in [-0.4, -0.2) is 22.6 Å². The molecular formula is C16H15NO6. The van der Waals surface area contributed by atoms with Crippen LogP contribution in [0.2, 0.25) is 0 Å². The summed E-state index contributed by atoms with van der Waals surface area (Å²) in [5.74, 6) is -0.485. The minimum absolute atomic E-state index is 0.0131. The topological polar surface area (TPSA) is 98.9 Å². The zero-order chi connectivity index (χ0) is 16.8. The smallest absolute Gasteiger partial charge is 0.338 e.